The topological polar surface area (TPSA) is 105 Å². The molecular weight excluding hydrogens is 380 g/mol. The van der Waals surface area contributed by atoms with E-state index in [1.54, 1.807) is 0 Å². The first-order valence-corrected chi connectivity index (χ1v) is 9.28. The van der Waals surface area contributed by atoms with Crippen LogP contribution in [-0.4, -0.2) is 40.9 Å². The molecule has 0 heterocycles. The van der Waals surface area contributed by atoms with E-state index in [1.165, 1.54) is 0 Å². The van der Waals surface area contributed by atoms with Crippen molar-refractivity contribution in [3.05, 3.63) is 71.8 Å². The largest absolute Gasteiger partial charge is 0.480 e. The molecule has 2 aromatic rings. The van der Waals surface area contributed by atoms with Crippen LogP contribution >= 0.6 is 12.6 Å². The maximum absolute atomic E-state index is 12.6. The van der Waals surface area contributed by atoms with E-state index in [-0.39, 0.29) is 18.8 Å². The Bertz CT molecular complexity index is 786. The third kappa shape index (κ3) is 6.96. The standard InChI is InChI=1S/C20H22N2O5S/c23-18(21-17(13-28)19(24)25)16(11-14-7-3-1-4-8-14)22-20(26)27-12-15-9-5-2-6-10-15/h1-10,16-17,28H,11-13H2,(H,21,23)(H,22,26)(H,24,25)/t16-,17+/m1/s1. The highest BCUT2D eigenvalue weighted by Crippen LogP contribution is 2.06. The van der Waals surface area contributed by atoms with Crippen LogP contribution in [0.3, 0.4) is 0 Å². The third-order valence-corrected chi connectivity index (χ3v) is 4.27. The minimum absolute atomic E-state index is 0.0563. The molecule has 2 rings (SSSR count). The lowest BCUT2D eigenvalue weighted by Crippen LogP contribution is -2.53. The highest BCUT2D eigenvalue weighted by Gasteiger charge is 2.26. The zero-order chi connectivity index (χ0) is 20.4. The summed E-state index contributed by atoms with van der Waals surface area (Å²) in [7, 11) is 0. The van der Waals surface area contributed by atoms with Gasteiger partial charge in [0, 0.05) is 12.2 Å². The molecule has 28 heavy (non-hydrogen) atoms. The summed E-state index contributed by atoms with van der Waals surface area (Å²) >= 11 is 3.93. The predicted molar refractivity (Wildman–Crippen MR) is 107 cm³/mol. The van der Waals surface area contributed by atoms with Crippen molar-refractivity contribution >= 4 is 30.6 Å². The number of carbonyl (C=O) groups is 3. The second-order valence-electron chi connectivity index (χ2n) is 6.03. The Morgan fingerprint density at radius 3 is 2.00 bits per heavy atom. The molecule has 7 nitrogen and oxygen atoms in total. The summed E-state index contributed by atoms with van der Waals surface area (Å²) < 4.78 is 5.16. The van der Waals surface area contributed by atoms with Gasteiger partial charge in [-0.05, 0) is 11.1 Å². The Morgan fingerprint density at radius 2 is 1.46 bits per heavy atom. The first-order valence-electron chi connectivity index (χ1n) is 8.64. The zero-order valence-corrected chi connectivity index (χ0v) is 16.0. The lowest BCUT2D eigenvalue weighted by Gasteiger charge is -2.20. The number of rotatable bonds is 9. The number of amides is 2. The van der Waals surface area contributed by atoms with E-state index in [0.717, 1.165) is 11.1 Å². The van der Waals surface area contributed by atoms with Crippen LogP contribution < -0.4 is 10.6 Å². The van der Waals surface area contributed by atoms with Crippen molar-refractivity contribution in [2.75, 3.05) is 5.75 Å². The van der Waals surface area contributed by atoms with Crippen LogP contribution in [0, 0.1) is 0 Å². The molecule has 2 aromatic carbocycles. The Hall–Kier alpha value is -3.00. The molecule has 0 saturated carbocycles. The molecule has 0 aliphatic rings. The molecule has 148 valence electrons. The quantitative estimate of drug-likeness (QED) is 0.481. The van der Waals surface area contributed by atoms with Crippen LogP contribution in [-0.2, 0) is 27.4 Å². The number of carboxylic acids is 1. The maximum atomic E-state index is 12.6. The second-order valence-corrected chi connectivity index (χ2v) is 6.40. The molecule has 0 aliphatic carbocycles. The van der Waals surface area contributed by atoms with Gasteiger partial charge in [-0.15, -0.1) is 0 Å². The van der Waals surface area contributed by atoms with Crippen molar-refractivity contribution in [3.63, 3.8) is 0 Å². The molecule has 0 saturated heterocycles. The van der Waals surface area contributed by atoms with E-state index in [9.17, 15) is 14.4 Å². The van der Waals surface area contributed by atoms with Crippen LogP contribution in [0.5, 0.6) is 0 Å². The van der Waals surface area contributed by atoms with Gasteiger partial charge in [-0.25, -0.2) is 9.59 Å². The molecule has 8 heteroatoms. The zero-order valence-electron chi connectivity index (χ0n) is 15.1. The fourth-order valence-corrected chi connectivity index (χ4v) is 2.67. The lowest BCUT2D eigenvalue weighted by molar-refractivity contribution is -0.141. The van der Waals surface area contributed by atoms with Crippen LogP contribution in [0.25, 0.3) is 0 Å². The van der Waals surface area contributed by atoms with Crippen LogP contribution in [0.4, 0.5) is 4.79 Å². The molecule has 0 spiro atoms. The highest BCUT2D eigenvalue weighted by molar-refractivity contribution is 7.80. The summed E-state index contributed by atoms with van der Waals surface area (Å²) in [5.41, 5.74) is 1.62. The van der Waals surface area contributed by atoms with Gasteiger partial charge in [-0.2, -0.15) is 12.6 Å². The number of carbonyl (C=O) groups excluding carboxylic acids is 2. The summed E-state index contributed by atoms with van der Waals surface area (Å²) in [5.74, 6) is -1.90. The van der Waals surface area contributed by atoms with Gasteiger partial charge in [0.05, 0.1) is 0 Å². The summed E-state index contributed by atoms with van der Waals surface area (Å²) in [6.45, 7) is 0.0563. The van der Waals surface area contributed by atoms with Crippen LogP contribution in [0.2, 0.25) is 0 Å². The molecular formula is C20H22N2O5S. The van der Waals surface area contributed by atoms with E-state index < -0.39 is 30.1 Å². The molecule has 2 atom stereocenters. The molecule has 0 aromatic heterocycles. The monoisotopic (exact) mass is 402 g/mol. The van der Waals surface area contributed by atoms with E-state index in [1.807, 2.05) is 60.7 Å². The molecule has 0 bridgehead atoms. The fourth-order valence-electron chi connectivity index (χ4n) is 2.42. The Labute approximate surface area is 168 Å². The van der Waals surface area contributed by atoms with Gasteiger partial charge in [0.25, 0.3) is 0 Å². The van der Waals surface area contributed by atoms with Crippen molar-refractivity contribution < 1.29 is 24.2 Å². The van der Waals surface area contributed by atoms with E-state index in [4.69, 9.17) is 9.84 Å². The Morgan fingerprint density at radius 1 is 0.893 bits per heavy atom. The molecule has 2 amide bonds. The van der Waals surface area contributed by atoms with Gasteiger partial charge < -0.3 is 20.5 Å². The number of aliphatic carboxylic acids is 1. The van der Waals surface area contributed by atoms with E-state index >= 15 is 0 Å². The first kappa shape index (κ1) is 21.3. The lowest BCUT2D eigenvalue weighted by atomic mass is 10.1. The highest BCUT2D eigenvalue weighted by atomic mass is 32.1. The Balaban J connectivity index is 2.03. The first-order chi connectivity index (χ1) is 13.5. The average Bonchev–Trinajstić information content (AvgIpc) is 2.71. The predicted octanol–water partition coefficient (Wildman–Crippen LogP) is 2.02. The summed E-state index contributed by atoms with van der Waals surface area (Å²) in [5, 5.41) is 14.0. The Kier molecular flexibility index (Phi) is 8.36. The molecule has 0 unspecified atom stereocenters. The van der Waals surface area contributed by atoms with E-state index in [0.29, 0.717) is 0 Å². The van der Waals surface area contributed by atoms with Crippen molar-refractivity contribution in [2.45, 2.75) is 25.1 Å². The van der Waals surface area contributed by atoms with Crippen molar-refractivity contribution in [3.8, 4) is 0 Å². The second kappa shape index (κ2) is 11.0. The molecule has 0 radical (unpaired) electrons. The third-order valence-electron chi connectivity index (χ3n) is 3.90. The normalized spacial score (nSPS) is 12.5. The van der Waals surface area contributed by atoms with Gasteiger partial charge >= 0.3 is 12.1 Å². The van der Waals surface area contributed by atoms with Crippen molar-refractivity contribution in [1.82, 2.24) is 10.6 Å². The number of benzene rings is 2. The number of nitrogens with one attached hydrogen (secondary N) is 2. The maximum Gasteiger partial charge on any atom is 0.408 e. The number of hydrogen-bond acceptors (Lipinski definition) is 5. The number of carboxylic acid groups (broad SMARTS) is 1. The van der Waals surface area contributed by atoms with Gasteiger partial charge in [-0.3, -0.25) is 4.79 Å². The summed E-state index contributed by atoms with van der Waals surface area (Å²) in [6, 6.07) is 16.1. The molecule has 0 aliphatic heterocycles. The van der Waals surface area contributed by atoms with Crippen LogP contribution in [0.15, 0.2) is 60.7 Å². The number of hydrogen-bond donors (Lipinski definition) is 4. The minimum Gasteiger partial charge on any atom is -0.480 e. The summed E-state index contributed by atoms with van der Waals surface area (Å²) in [6.07, 6.45) is -0.580. The van der Waals surface area contributed by atoms with Gasteiger partial charge in [0.1, 0.15) is 18.7 Å². The number of alkyl carbamates (subject to hydrolysis) is 1. The smallest absolute Gasteiger partial charge is 0.408 e. The van der Waals surface area contributed by atoms with Crippen LogP contribution in [0.1, 0.15) is 11.1 Å². The number of thiol groups is 1. The average molecular weight is 402 g/mol. The van der Waals surface area contributed by atoms with Gasteiger partial charge in [0.2, 0.25) is 5.91 Å². The van der Waals surface area contributed by atoms with Gasteiger partial charge in [-0.1, -0.05) is 60.7 Å². The van der Waals surface area contributed by atoms with E-state index in [2.05, 4.69) is 23.3 Å². The summed E-state index contributed by atoms with van der Waals surface area (Å²) in [4.78, 5) is 35.9. The number of ether oxygens (including phenoxy) is 1. The fraction of sp³-hybridized carbons (Fsp3) is 0.250. The minimum atomic E-state index is -1.20. The SMILES string of the molecule is O=C(N[C@H](Cc1ccccc1)C(=O)N[C@@H](CS)C(=O)O)OCc1ccccc1. The molecule has 3 N–H and O–H groups in total. The van der Waals surface area contributed by atoms with Crippen molar-refractivity contribution in [1.29, 1.82) is 0 Å². The molecule has 0 fully saturated rings. The van der Waals surface area contributed by atoms with Gasteiger partial charge in [0.15, 0.2) is 0 Å². The van der Waals surface area contributed by atoms with Crippen molar-refractivity contribution in [2.24, 2.45) is 0 Å².